The molecule has 0 spiro atoms. The maximum absolute atomic E-state index is 11.9. The van der Waals surface area contributed by atoms with Crippen LogP contribution >= 0.6 is 0 Å². The Morgan fingerprint density at radius 1 is 1.20 bits per heavy atom. The number of halogens is 3. The van der Waals surface area contributed by atoms with E-state index in [9.17, 15) is 18.0 Å². The highest BCUT2D eigenvalue weighted by Gasteiger charge is 2.43. The molecule has 1 N–H and O–H groups in total. The number of hydrogen-bond donors (Lipinski definition) is 1. The van der Waals surface area contributed by atoms with Gasteiger partial charge in [0.15, 0.2) is 0 Å². The summed E-state index contributed by atoms with van der Waals surface area (Å²) in [5.74, 6) is 0.00988. The molecule has 0 aliphatic heterocycles. The molecule has 1 amide bonds. The molecule has 2 aliphatic carbocycles. The van der Waals surface area contributed by atoms with E-state index in [1.807, 2.05) is 0 Å². The fraction of sp³-hybridized carbons (Fsp3) is 0.900. The van der Waals surface area contributed by atoms with Gasteiger partial charge >= 0.3 is 6.18 Å². The highest BCUT2D eigenvalue weighted by molar-refractivity contribution is 5.77. The molecule has 5 heteroatoms. The van der Waals surface area contributed by atoms with Crippen LogP contribution in [0.25, 0.3) is 0 Å². The van der Waals surface area contributed by atoms with Gasteiger partial charge in [0.1, 0.15) is 6.42 Å². The maximum atomic E-state index is 11.9. The van der Waals surface area contributed by atoms with Crippen LogP contribution in [-0.2, 0) is 4.79 Å². The van der Waals surface area contributed by atoms with Crippen molar-refractivity contribution in [3.63, 3.8) is 0 Å². The lowest BCUT2D eigenvalue weighted by Crippen LogP contribution is -2.39. The summed E-state index contributed by atoms with van der Waals surface area (Å²) in [7, 11) is 0. The normalized spacial score (nSPS) is 21.9. The lowest BCUT2D eigenvalue weighted by atomic mass is 10.1. The fourth-order valence-electron chi connectivity index (χ4n) is 1.95. The lowest BCUT2D eigenvalue weighted by Gasteiger charge is -2.18. The third-order valence-electron chi connectivity index (χ3n) is 2.95. The predicted molar refractivity (Wildman–Crippen MR) is 48.1 cm³/mol. The Balaban J connectivity index is 1.80. The van der Waals surface area contributed by atoms with E-state index < -0.39 is 18.5 Å². The van der Waals surface area contributed by atoms with Gasteiger partial charge in [-0.3, -0.25) is 4.79 Å². The Bertz CT molecular complexity index is 244. The molecular weight excluding hydrogens is 207 g/mol. The summed E-state index contributed by atoms with van der Waals surface area (Å²) >= 11 is 0. The highest BCUT2D eigenvalue weighted by atomic mass is 19.4. The Hall–Kier alpha value is -0.740. The van der Waals surface area contributed by atoms with Crippen molar-refractivity contribution >= 4 is 5.91 Å². The molecule has 2 nitrogen and oxygen atoms in total. The zero-order valence-electron chi connectivity index (χ0n) is 8.31. The molecule has 0 heterocycles. The molecule has 0 bridgehead atoms. The molecule has 0 aromatic carbocycles. The molecule has 0 saturated heterocycles. The monoisotopic (exact) mass is 221 g/mol. The van der Waals surface area contributed by atoms with Crippen molar-refractivity contribution in [2.24, 2.45) is 11.8 Å². The van der Waals surface area contributed by atoms with Crippen molar-refractivity contribution in [3.8, 4) is 0 Å². The summed E-state index contributed by atoms with van der Waals surface area (Å²) in [4.78, 5) is 11.1. The van der Waals surface area contributed by atoms with Gasteiger partial charge in [0.2, 0.25) is 5.91 Å². The summed E-state index contributed by atoms with van der Waals surface area (Å²) in [5, 5.41) is 2.54. The molecule has 86 valence electrons. The van der Waals surface area contributed by atoms with Crippen molar-refractivity contribution in [1.82, 2.24) is 5.32 Å². The summed E-state index contributed by atoms with van der Waals surface area (Å²) in [6.07, 6.45) is -1.54. The van der Waals surface area contributed by atoms with Gasteiger partial charge in [-0.15, -0.1) is 0 Å². The van der Waals surface area contributed by atoms with Gasteiger partial charge in [-0.05, 0) is 37.5 Å². The third-order valence-corrected chi connectivity index (χ3v) is 2.95. The van der Waals surface area contributed by atoms with Gasteiger partial charge < -0.3 is 5.32 Å². The van der Waals surface area contributed by atoms with Crippen LogP contribution in [0.3, 0.4) is 0 Å². The van der Waals surface area contributed by atoms with E-state index in [0.29, 0.717) is 11.8 Å². The predicted octanol–water partition coefficient (Wildman–Crippen LogP) is 2.24. The minimum Gasteiger partial charge on any atom is -0.353 e. The zero-order chi connectivity index (χ0) is 11.1. The van der Waals surface area contributed by atoms with Crippen molar-refractivity contribution in [3.05, 3.63) is 0 Å². The van der Waals surface area contributed by atoms with E-state index >= 15 is 0 Å². The standard InChI is InChI=1S/C10H14F3NO/c11-10(12,13)5-8(15)14-9(6-1-2-6)7-3-4-7/h6-7,9H,1-5H2,(H,14,15). The Labute approximate surface area is 86.2 Å². The molecule has 2 rings (SSSR count). The fourth-order valence-corrected chi connectivity index (χ4v) is 1.95. The van der Waals surface area contributed by atoms with Gasteiger partial charge in [-0.2, -0.15) is 13.2 Å². The average molecular weight is 221 g/mol. The Morgan fingerprint density at radius 3 is 2.00 bits per heavy atom. The van der Waals surface area contributed by atoms with Crippen LogP contribution in [0.1, 0.15) is 32.1 Å². The first kappa shape index (κ1) is 10.8. The van der Waals surface area contributed by atoms with Crippen LogP contribution in [0.15, 0.2) is 0 Å². The number of carbonyl (C=O) groups excluding carboxylic acids is 1. The van der Waals surface area contributed by atoms with Gasteiger partial charge in [0.25, 0.3) is 0 Å². The van der Waals surface area contributed by atoms with Crippen LogP contribution in [0, 0.1) is 11.8 Å². The number of nitrogens with one attached hydrogen (secondary N) is 1. The largest absolute Gasteiger partial charge is 0.397 e. The molecule has 0 aromatic heterocycles. The van der Waals surface area contributed by atoms with E-state index in [1.54, 1.807) is 0 Å². The van der Waals surface area contributed by atoms with Gasteiger partial charge in [0, 0.05) is 6.04 Å². The topological polar surface area (TPSA) is 29.1 Å². The first-order valence-corrected chi connectivity index (χ1v) is 5.32. The minimum absolute atomic E-state index is 0.0137. The van der Waals surface area contributed by atoms with E-state index in [-0.39, 0.29) is 6.04 Å². The highest BCUT2D eigenvalue weighted by Crippen LogP contribution is 2.44. The molecule has 0 radical (unpaired) electrons. The quantitative estimate of drug-likeness (QED) is 0.775. The summed E-state index contributed by atoms with van der Waals surface area (Å²) in [6, 6.07) is 0.0137. The molecular formula is C10H14F3NO. The average Bonchev–Trinajstić information content (AvgIpc) is 2.92. The van der Waals surface area contributed by atoms with Gasteiger partial charge in [-0.25, -0.2) is 0 Å². The van der Waals surface area contributed by atoms with Crippen molar-refractivity contribution in [2.45, 2.75) is 44.3 Å². The van der Waals surface area contributed by atoms with Crippen LogP contribution in [-0.4, -0.2) is 18.1 Å². The SMILES string of the molecule is O=C(CC(F)(F)F)NC(C1CC1)C1CC1. The summed E-state index contributed by atoms with van der Waals surface area (Å²) < 4.78 is 35.8. The Kier molecular flexibility index (Phi) is 2.64. The van der Waals surface area contributed by atoms with Gasteiger partial charge in [-0.1, -0.05) is 0 Å². The molecule has 15 heavy (non-hydrogen) atoms. The maximum Gasteiger partial charge on any atom is 0.397 e. The second kappa shape index (κ2) is 3.68. The molecule has 0 aromatic rings. The smallest absolute Gasteiger partial charge is 0.353 e. The molecule has 2 aliphatic rings. The van der Waals surface area contributed by atoms with E-state index in [1.165, 1.54) is 0 Å². The van der Waals surface area contributed by atoms with E-state index in [2.05, 4.69) is 5.32 Å². The number of hydrogen-bond acceptors (Lipinski definition) is 1. The number of alkyl halides is 3. The van der Waals surface area contributed by atoms with Crippen LogP contribution < -0.4 is 5.32 Å². The zero-order valence-corrected chi connectivity index (χ0v) is 8.31. The first-order chi connectivity index (χ1) is 6.96. The van der Waals surface area contributed by atoms with Crippen molar-refractivity contribution in [1.29, 1.82) is 0 Å². The van der Waals surface area contributed by atoms with Crippen molar-refractivity contribution in [2.75, 3.05) is 0 Å². The molecule has 2 saturated carbocycles. The molecule has 0 unspecified atom stereocenters. The second-order valence-electron chi connectivity index (χ2n) is 4.56. The minimum atomic E-state index is -4.39. The molecule has 2 fully saturated rings. The Morgan fingerprint density at radius 2 is 1.67 bits per heavy atom. The number of carbonyl (C=O) groups is 1. The summed E-state index contributed by atoms with van der Waals surface area (Å²) in [6.45, 7) is 0. The van der Waals surface area contributed by atoms with Crippen LogP contribution in [0.4, 0.5) is 13.2 Å². The lowest BCUT2D eigenvalue weighted by molar-refractivity contribution is -0.154. The van der Waals surface area contributed by atoms with Crippen LogP contribution in [0.5, 0.6) is 0 Å². The third kappa shape index (κ3) is 3.39. The van der Waals surface area contributed by atoms with E-state index in [0.717, 1.165) is 25.7 Å². The van der Waals surface area contributed by atoms with Crippen molar-refractivity contribution < 1.29 is 18.0 Å². The summed E-state index contributed by atoms with van der Waals surface area (Å²) in [5.41, 5.74) is 0. The number of rotatable bonds is 4. The second-order valence-corrected chi connectivity index (χ2v) is 4.56. The molecule has 0 atom stereocenters. The van der Waals surface area contributed by atoms with Gasteiger partial charge in [0.05, 0.1) is 0 Å². The van der Waals surface area contributed by atoms with Crippen LogP contribution in [0.2, 0.25) is 0 Å². The first-order valence-electron chi connectivity index (χ1n) is 5.32. The number of amides is 1. The van der Waals surface area contributed by atoms with E-state index in [4.69, 9.17) is 0 Å².